The van der Waals surface area contributed by atoms with Gasteiger partial charge in [0.25, 0.3) is 10.0 Å². The lowest BCUT2D eigenvalue weighted by molar-refractivity contribution is -0.121. The highest BCUT2D eigenvalue weighted by Crippen LogP contribution is 2.27. The Morgan fingerprint density at radius 1 is 1.38 bits per heavy atom. The largest absolute Gasteiger partial charge is 0.351 e. The molecule has 0 radical (unpaired) electrons. The minimum atomic E-state index is -3.77. The molecule has 0 saturated heterocycles. The lowest BCUT2D eigenvalue weighted by Gasteiger charge is -2.15. The number of halogens is 3. The van der Waals surface area contributed by atoms with E-state index < -0.39 is 21.7 Å². The van der Waals surface area contributed by atoms with Gasteiger partial charge in [0, 0.05) is 18.1 Å². The van der Waals surface area contributed by atoms with Gasteiger partial charge in [0.15, 0.2) is 0 Å². The SMILES string of the molecule is CN(CC(=O)NCc1cc(F)cc(Br)c1)S(=O)(=O)c1ccc(Cl)s1. The van der Waals surface area contributed by atoms with Crippen LogP contribution in [0.1, 0.15) is 5.56 Å². The summed E-state index contributed by atoms with van der Waals surface area (Å²) in [5, 5.41) is 2.56. The van der Waals surface area contributed by atoms with Gasteiger partial charge in [-0.25, -0.2) is 12.8 Å². The van der Waals surface area contributed by atoms with Crippen LogP contribution >= 0.6 is 38.9 Å². The Morgan fingerprint density at radius 2 is 2.08 bits per heavy atom. The predicted molar refractivity (Wildman–Crippen MR) is 95.1 cm³/mol. The highest BCUT2D eigenvalue weighted by Gasteiger charge is 2.24. The first-order valence-corrected chi connectivity index (χ1v) is 10.0. The Labute approximate surface area is 156 Å². The normalized spacial score (nSPS) is 11.7. The summed E-state index contributed by atoms with van der Waals surface area (Å²) >= 11 is 9.83. The number of likely N-dealkylation sites (N-methyl/N-ethyl adjacent to an activating group) is 1. The average molecular weight is 456 g/mol. The second kappa shape index (κ2) is 7.92. The van der Waals surface area contributed by atoms with Gasteiger partial charge in [0.05, 0.1) is 10.9 Å². The van der Waals surface area contributed by atoms with Crippen molar-refractivity contribution in [2.45, 2.75) is 10.8 Å². The molecule has 0 unspecified atom stereocenters. The molecule has 24 heavy (non-hydrogen) atoms. The molecule has 0 aliphatic heterocycles. The van der Waals surface area contributed by atoms with Gasteiger partial charge in [-0.3, -0.25) is 4.79 Å². The van der Waals surface area contributed by atoms with Crippen LogP contribution in [0.5, 0.6) is 0 Å². The quantitative estimate of drug-likeness (QED) is 0.727. The molecule has 1 N–H and O–H groups in total. The fourth-order valence-electron chi connectivity index (χ4n) is 1.85. The maximum atomic E-state index is 13.3. The van der Waals surface area contributed by atoms with Gasteiger partial charge in [-0.15, -0.1) is 11.3 Å². The summed E-state index contributed by atoms with van der Waals surface area (Å²) in [6.45, 7) is -0.262. The third-order valence-corrected chi connectivity index (χ3v) is 6.95. The number of rotatable bonds is 6. The van der Waals surface area contributed by atoms with E-state index in [0.29, 0.717) is 14.4 Å². The number of nitrogens with one attached hydrogen (secondary N) is 1. The molecule has 0 saturated carbocycles. The van der Waals surface area contributed by atoms with E-state index in [2.05, 4.69) is 21.2 Å². The number of thiophene rings is 1. The first kappa shape index (κ1) is 19.3. The Hall–Kier alpha value is -1.000. The highest BCUT2D eigenvalue weighted by molar-refractivity contribution is 9.10. The van der Waals surface area contributed by atoms with E-state index in [-0.39, 0.29) is 17.3 Å². The lowest BCUT2D eigenvalue weighted by atomic mass is 10.2. The predicted octanol–water partition coefficient (Wildman–Crippen LogP) is 3.24. The van der Waals surface area contributed by atoms with Crippen LogP contribution in [0, 0.1) is 5.82 Å². The maximum absolute atomic E-state index is 13.3. The third kappa shape index (κ3) is 5.00. The summed E-state index contributed by atoms with van der Waals surface area (Å²) in [5.74, 6) is -0.924. The maximum Gasteiger partial charge on any atom is 0.252 e. The average Bonchev–Trinajstić information content (AvgIpc) is 2.91. The fraction of sp³-hybridized carbons (Fsp3) is 0.214. The molecule has 0 spiro atoms. The Morgan fingerprint density at radius 3 is 2.67 bits per heavy atom. The zero-order chi connectivity index (χ0) is 17.9. The highest BCUT2D eigenvalue weighted by atomic mass is 79.9. The first-order valence-electron chi connectivity index (χ1n) is 6.62. The number of benzene rings is 1. The summed E-state index contributed by atoms with van der Waals surface area (Å²) in [4.78, 5) is 11.9. The molecule has 2 rings (SSSR count). The molecule has 10 heteroatoms. The van der Waals surface area contributed by atoms with Crippen molar-refractivity contribution in [1.82, 2.24) is 9.62 Å². The van der Waals surface area contributed by atoms with Crippen molar-refractivity contribution in [1.29, 1.82) is 0 Å². The van der Waals surface area contributed by atoms with Crippen molar-refractivity contribution in [3.8, 4) is 0 Å². The molecule has 1 aromatic heterocycles. The van der Waals surface area contributed by atoms with Gasteiger partial charge < -0.3 is 5.32 Å². The van der Waals surface area contributed by atoms with Gasteiger partial charge in [0.2, 0.25) is 5.91 Å². The lowest BCUT2D eigenvalue weighted by Crippen LogP contribution is -2.37. The van der Waals surface area contributed by atoms with Crippen molar-refractivity contribution in [2.75, 3.05) is 13.6 Å². The van der Waals surface area contributed by atoms with Crippen molar-refractivity contribution in [3.63, 3.8) is 0 Å². The molecule has 5 nitrogen and oxygen atoms in total. The Bertz CT molecular complexity index is 837. The van der Waals surface area contributed by atoms with Gasteiger partial charge in [-0.1, -0.05) is 27.5 Å². The number of sulfonamides is 1. The van der Waals surface area contributed by atoms with Gasteiger partial charge >= 0.3 is 0 Å². The molecule has 0 atom stereocenters. The van der Waals surface area contributed by atoms with Crippen molar-refractivity contribution >= 4 is 54.8 Å². The molecule has 0 aliphatic rings. The molecule has 0 aliphatic carbocycles. The second-order valence-corrected chi connectivity index (χ2v) is 9.78. The van der Waals surface area contributed by atoms with E-state index in [9.17, 15) is 17.6 Å². The summed E-state index contributed by atoms with van der Waals surface area (Å²) in [6.07, 6.45) is 0. The Balaban J connectivity index is 1.96. The number of hydrogen-bond donors (Lipinski definition) is 1. The fourth-order valence-corrected chi connectivity index (χ4v) is 5.18. The summed E-state index contributed by atoms with van der Waals surface area (Å²) in [5.41, 5.74) is 0.561. The molecule has 1 heterocycles. The van der Waals surface area contributed by atoms with E-state index in [1.165, 1.54) is 31.3 Å². The molecule has 1 aromatic carbocycles. The van der Waals surface area contributed by atoms with Crippen LogP contribution in [-0.2, 0) is 21.4 Å². The molecule has 2 aromatic rings. The van der Waals surface area contributed by atoms with E-state index in [1.54, 1.807) is 6.07 Å². The van der Waals surface area contributed by atoms with Crippen LogP contribution in [-0.4, -0.2) is 32.2 Å². The molecular formula is C14H13BrClFN2O3S2. The van der Waals surface area contributed by atoms with Crippen molar-refractivity contribution < 1.29 is 17.6 Å². The topological polar surface area (TPSA) is 66.5 Å². The first-order chi connectivity index (χ1) is 11.2. The summed E-state index contributed by atoms with van der Waals surface area (Å²) < 4.78 is 39.8. The third-order valence-electron chi connectivity index (χ3n) is 2.99. The van der Waals surface area contributed by atoms with Crippen molar-refractivity contribution in [3.05, 3.63) is 50.5 Å². The molecule has 0 fully saturated rings. The molecule has 130 valence electrons. The molecule has 1 amide bonds. The zero-order valence-corrected chi connectivity index (χ0v) is 16.4. The van der Waals surface area contributed by atoms with E-state index in [0.717, 1.165) is 15.6 Å². The van der Waals surface area contributed by atoms with Crippen LogP contribution in [0.2, 0.25) is 4.34 Å². The van der Waals surface area contributed by atoms with Crippen LogP contribution < -0.4 is 5.32 Å². The Kier molecular flexibility index (Phi) is 6.38. The van der Waals surface area contributed by atoms with Crippen LogP contribution in [0.4, 0.5) is 4.39 Å². The van der Waals surface area contributed by atoms with E-state index in [4.69, 9.17) is 11.6 Å². The minimum Gasteiger partial charge on any atom is -0.351 e. The number of amides is 1. The summed E-state index contributed by atoms with van der Waals surface area (Å²) in [6, 6.07) is 7.13. The van der Waals surface area contributed by atoms with E-state index >= 15 is 0 Å². The van der Waals surface area contributed by atoms with E-state index in [1.807, 2.05) is 0 Å². The van der Waals surface area contributed by atoms with Gasteiger partial charge in [-0.05, 0) is 35.9 Å². The van der Waals surface area contributed by atoms with Crippen LogP contribution in [0.3, 0.4) is 0 Å². The van der Waals surface area contributed by atoms with Gasteiger partial charge in [0.1, 0.15) is 10.0 Å². The molecular weight excluding hydrogens is 443 g/mol. The monoisotopic (exact) mass is 454 g/mol. The van der Waals surface area contributed by atoms with Crippen molar-refractivity contribution in [2.24, 2.45) is 0 Å². The molecule has 0 bridgehead atoms. The standard InChI is InChI=1S/C14H13BrClFN2O3S2/c1-19(24(21,22)14-3-2-12(16)23-14)8-13(20)18-7-9-4-10(15)6-11(17)5-9/h2-6H,7-8H2,1H3,(H,18,20). The minimum absolute atomic E-state index is 0.0665. The second-order valence-electron chi connectivity index (χ2n) is 4.87. The number of hydrogen-bond acceptors (Lipinski definition) is 4. The van der Waals surface area contributed by atoms with Gasteiger partial charge in [-0.2, -0.15) is 4.31 Å². The number of carbonyl (C=O) groups is 1. The van der Waals surface area contributed by atoms with Crippen LogP contribution in [0.15, 0.2) is 39.0 Å². The zero-order valence-electron chi connectivity index (χ0n) is 12.4. The summed E-state index contributed by atoms with van der Waals surface area (Å²) in [7, 11) is -2.46. The number of carbonyl (C=O) groups excluding carboxylic acids is 1. The smallest absolute Gasteiger partial charge is 0.252 e. The van der Waals surface area contributed by atoms with Crippen LogP contribution in [0.25, 0.3) is 0 Å². The number of nitrogens with zero attached hydrogens (tertiary/aromatic N) is 1.